The summed E-state index contributed by atoms with van der Waals surface area (Å²) in [6, 6.07) is 15.7. The molecule has 1 N–H and O–H groups in total. The highest BCUT2D eigenvalue weighted by Gasteiger charge is 2.15. The van der Waals surface area contributed by atoms with Crippen LogP contribution in [0.15, 0.2) is 53.9 Å². The van der Waals surface area contributed by atoms with E-state index in [1.54, 1.807) is 18.4 Å². The Balaban J connectivity index is 2.05. The zero-order valence-electron chi connectivity index (χ0n) is 10.5. The van der Waals surface area contributed by atoms with Gasteiger partial charge >= 0.3 is 0 Å². The second kappa shape index (κ2) is 5.03. The van der Waals surface area contributed by atoms with E-state index in [4.69, 9.17) is 4.74 Å². The summed E-state index contributed by atoms with van der Waals surface area (Å²) < 4.78 is 6.40. The van der Waals surface area contributed by atoms with E-state index >= 15 is 0 Å². The molecule has 3 aromatic rings. The van der Waals surface area contributed by atoms with Gasteiger partial charge in [0.05, 0.1) is 7.11 Å². The minimum atomic E-state index is -0.619. The lowest BCUT2D eigenvalue weighted by Gasteiger charge is -2.11. The number of methoxy groups -OCH3 is 1. The minimum absolute atomic E-state index is 0.619. The quantitative estimate of drug-likeness (QED) is 0.779. The molecule has 0 aliphatic rings. The van der Waals surface area contributed by atoms with Crippen LogP contribution in [-0.2, 0) is 0 Å². The first-order valence-corrected chi connectivity index (χ1v) is 6.95. The number of thiophene rings is 1. The first-order chi connectivity index (χ1) is 9.29. The highest BCUT2D eigenvalue weighted by molar-refractivity contribution is 7.17. The van der Waals surface area contributed by atoms with Gasteiger partial charge in [-0.25, -0.2) is 0 Å². The largest absolute Gasteiger partial charge is 0.497 e. The maximum absolute atomic E-state index is 10.5. The van der Waals surface area contributed by atoms with Crippen molar-refractivity contribution in [1.29, 1.82) is 0 Å². The third-order valence-electron chi connectivity index (χ3n) is 3.22. The van der Waals surface area contributed by atoms with Crippen molar-refractivity contribution in [2.75, 3.05) is 7.11 Å². The monoisotopic (exact) mass is 270 g/mol. The number of aliphatic hydroxyl groups is 1. The maximum Gasteiger partial charge on any atom is 0.119 e. The van der Waals surface area contributed by atoms with Crippen molar-refractivity contribution >= 4 is 21.4 Å². The molecule has 0 saturated heterocycles. The topological polar surface area (TPSA) is 29.5 Å². The van der Waals surface area contributed by atoms with Crippen LogP contribution >= 0.6 is 11.3 Å². The Morgan fingerprint density at radius 2 is 1.95 bits per heavy atom. The summed E-state index contributed by atoms with van der Waals surface area (Å²) in [4.78, 5) is 0. The molecule has 0 aliphatic carbocycles. The van der Waals surface area contributed by atoms with E-state index in [1.807, 2.05) is 47.8 Å². The predicted octanol–water partition coefficient (Wildman–Crippen LogP) is 3.99. The molecule has 0 bridgehead atoms. The van der Waals surface area contributed by atoms with Crippen molar-refractivity contribution < 1.29 is 9.84 Å². The van der Waals surface area contributed by atoms with E-state index in [-0.39, 0.29) is 0 Å². The van der Waals surface area contributed by atoms with Crippen LogP contribution in [0.5, 0.6) is 5.75 Å². The first-order valence-electron chi connectivity index (χ1n) is 6.08. The van der Waals surface area contributed by atoms with Crippen LogP contribution in [0.25, 0.3) is 10.1 Å². The van der Waals surface area contributed by atoms with Gasteiger partial charge in [0.1, 0.15) is 11.9 Å². The van der Waals surface area contributed by atoms with Gasteiger partial charge in [0.2, 0.25) is 0 Å². The van der Waals surface area contributed by atoms with Crippen molar-refractivity contribution in [2.45, 2.75) is 6.10 Å². The van der Waals surface area contributed by atoms with Crippen LogP contribution in [0.1, 0.15) is 17.2 Å². The summed E-state index contributed by atoms with van der Waals surface area (Å²) in [5, 5.41) is 13.7. The van der Waals surface area contributed by atoms with E-state index in [1.165, 1.54) is 4.70 Å². The Labute approximate surface area is 115 Å². The van der Waals surface area contributed by atoms with Crippen molar-refractivity contribution in [3.8, 4) is 5.75 Å². The zero-order chi connectivity index (χ0) is 13.2. The van der Waals surface area contributed by atoms with Gasteiger partial charge in [-0.2, -0.15) is 0 Å². The van der Waals surface area contributed by atoms with Gasteiger partial charge in [-0.05, 0) is 34.5 Å². The summed E-state index contributed by atoms with van der Waals surface area (Å²) in [6.45, 7) is 0. The standard InChI is InChI=1S/C16H14O2S/c1-18-12-6-4-5-11(9-12)16(17)14-10-19-15-8-3-2-7-13(14)15/h2-10,16-17H,1H3. The number of hydrogen-bond donors (Lipinski definition) is 1. The molecule has 0 radical (unpaired) electrons. The number of benzene rings is 2. The van der Waals surface area contributed by atoms with Crippen LogP contribution in [0.4, 0.5) is 0 Å². The molecule has 0 saturated carbocycles. The number of ether oxygens (including phenoxy) is 1. The molecule has 2 aromatic carbocycles. The summed E-state index contributed by atoms with van der Waals surface area (Å²) in [5.41, 5.74) is 1.80. The number of fused-ring (bicyclic) bond motifs is 1. The Kier molecular flexibility index (Phi) is 3.23. The molecule has 0 amide bonds. The van der Waals surface area contributed by atoms with Gasteiger partial charge in [-0.3, -0.25) is 0 Å². The average Bonchev–Trinajstić information content (AvgIpc) is 2.90. The average molecular weight is 270 g/mol. The fourth-order valence-corrected chi connectivity index (χ4v) is 3.18. The molecule has 1 aromatic heterocycles. The lowest BCUT2D eigenvalue weighted by atomic mass is 10.0. The Bertz CT molecular complexity index is 703. The van der Waals surface area contributed by atoms with Crippen LogP contribution in [-0.4, -0.2) is 12.2 Å². The molecule has 1 unspecified atom stereocenters. The highest BCUT2D eigenvalue weighted by atomic mass is 32.1. The van der Waals surface area contributed by atoms with Gasteiger partial charge in [-0.15, -0.1) is 11.3 Å². The van der Waals surface area contributed by atoms with E-state index < -0.39 is 6.10 Å². The van der Waals surface area contributed by atoms with Gasteiger partial charge in [0.15, 0.2) is 0 Å². The lowest BCUT2D eigenvalue weighted by Crippen LogP contribution is -1.99. The minimum Gasteiger partial charge on any atom is -0.497 e. The molecular weight excluding hydrogens is 256 g/mol. The summed E-state index contributed by atoms with van der Waals surface area (Å²) in [6.07, 6.45) is -0.619. The molecule has 0 spiro atoms. The van der Waals surface area contributed by atoms with Gasteiger partial charge in [0, 0.05) is 10.3 Å². The van der Waals surface area contributed by atoms with Crippen LogP contribution in [0, 0.1) is 0 Å². The third-order valence-corrected chi connectivity index (χ3v) is 4.20. The van der Waals surface area contributed by atoms with E-state index in [9.17, 15) is 5.11 Å². The van der Waals surface area contributed by atoms with Gasteiger partial charge in [-0.1, -0.05) is 30.3 Å². The van der Waals surface area contributed by atoms with Crippen molar-refractivity contribution in [1.82, 2.24) is 0 Å². The van der Waals surface area contributed by atoms with Gasteiger partial charge in [0.25, 0.3) is 0 Å². The highest BCUT2D eigenvalue weighted by Crippen LogP contribution is 2.34. The van der Waals surface area contributed by atoms with Crippen LogP contribution in [0.2, 0.25) is 0 Å². The Hall–Kier alpha value is -1.84. The van der Waals surface area contributed by atoms with Crippen LogP contribution < -0.4 is 4.74 Å². The SMILES string of the molecule is COc1cccc(C(O)c2csc3ccccc23)c1. The molecule has 3 heteroatoms. The molecule has 3 rings (SSSR count). The molecule has 1 atom stereocenters. The van der Waals surface area contributed by atoms with Crippen LogP contribution in [0.3, 0.4) is 0 Å². The second-order valence-electron chi connectivity index (χ2n) is 4.37. The van der Waals surface area contributed by atoms with E-state index in [0.717, 1.165) is 22.3 Å². The Morgan fingerprint density at radius 3 is 2.79 bits per heavy atom. The first kappa shape index (κ1) is 12.2. The van der Waals surface area contributed by atoms with Gasteiger partial charge < -0.3 is 9.84 Å². The molecule has 96 valence electrons. The second-order valence-corrected chi connectivity index (χ2v) is 5.28. The number of aliphatic hydroxyl groups excluding tert-OH is 1. The summed E-state index contributed by atoms with van der Waals surface area (Å²) >= 11 is 1.66. The lowest BCUT2D eigenvalue weighted by molar-refractivity contribution is 0.222. The molecule has 19 heavy (non-hydrogen) atoms. The number of hydrogen-bond acceptors (Lipinski definition) is 3. The van der Waals surface area contributed by atoms with E-state index in [2.05, 4.69) is 6.07 Å². The Morgan fingerprint density at radius 1 is 1.11 bits per heavy atom. The fraction of sp³-hybridized carbons (Fsp3) is 0.125. The normalized spacial score (nSPS) is 12.5. The zero-order valence-corrected chi connectivity index (χ0v) is 11.4. The molecule has 2 nitrogen and oxygen atoms in total. The molecular formula is C16H14O2S. The fourth-order valence-electron chi connectivity index (χ4n) is 2.20. The predicted molar refractivity (Wildman–Crippen MR) is 78.9 cm³/mol. The van der Waals surface area contributed by atoms with Crippen molar-refractivity contribution in [3.05, 3.63) is 65.0 Å². The third kappa shape index (κ3) is 2.23. The number of rotatable bonds is 3. The smallest absolute Gasteiger partial charge is 0.119 e. The summed E-state index contributed by atoms with van der Waals surface area (Å²) in [7, 11) is 1.63. The maximum atomic E-state index is 10.5. The van der Waals surface area contributed by atoms with E-state index in [0.29, 0.717) is 0 Å². The molecule has 0 aliphatic heterocycles. The molecule has 0 fully saturated rings. The van der Waals surface area contributed by atoms with Crippen molar-refractivity contribution in [3.63, 3.8) is 0 Å². The summed E-state index contributed by atoms with van der Waals surface area (Å²) in [5.74, 6) is 0.760. The molecule has 1 heterocycles. The van der Waals surface area contributed by atoms with Crippen molar-refractivity contribution in [2.24, 2.45) is 0 Å².